The Kier molecular flexibility index (Phi) is 5.33. The molecule has 0 aliphatic carbocycles. The maximum Gasteiger partial charge on any atom is 0.223 e. The van der Waals surface area contributed by atoms with E-state index in [1.165, 1.54) is 5.56 Å². The van der Waals surface area contributed by atoms with Gasteiger partial charge in [0.05, 0.1) is 0 Å². The third-order valence-corrected chi connectivity index (χ3v) is 3.33. The Labute approximate surface area is 125 Å². The van der Waals surface area contributed by atoms with Gasteiger partial charge in [0, 0.05) is 13.0 Å². The molecule has 0 spiro atoms. The molecule has 0 fully saturated rings. The fourth-order valence-electron chi connectivity index (χ4n) is 2.12. The highest BCUT2D eigenvalue weighted by Crippen LogP contribution is 2.23. The molecule has 5 heteroatoms. The van der Waals surface area contributed by atoms with Crippen LogP contribution in [0.3, 0.4) is 0 Å². The number of nitrogens with one attached hydrogen (secondary N) is 1. The molecule has 1 unspecified atom stereocenters. The van der Waals surface area contributed by atoms with Crippen LogP contribution in [-0.4, -0.2) is 16.7 Å². The molecule has 5 nitrogen and oxygen atoms in total. The molecule has 2 aromatic rings. The molecule has 114 valence electrons. The van der Waals surface area contributed by atoms with Gasteiger partial charge < -0.3 is 14.6 Å². The van der Waals surface area contributed by atoms with E-state index < -0.39 is 0 Å². The summed E-state index contributed by atoms with van der Waals surface area (Å²) < 4.78 is 10.7. The Morgan fingerprint density at radius 3 is 2.76 bits per heavy atom. The molecule has 0 radical (unpaired) electrons. The first-order valence-electron chi connectivity index (χ1n) is 7.36. The molecule has 1 aromatic carbocycles. The van der Waals surface area contributed by atoms with E-state index in [0.717, 1.165) is 24.3 Å². The zero-order valence-corrected chi connectivity index (χ0v) is 13.1. The van der Waals surface area contributed by atoms with Crippen LogP contribution in [0.2, 0.25) is 0 Å². The lowest BCUT2D eigenvalue weighted by molar-refractivity contribution is 0.284. The molecule has 1 heterocycles. The summed E-state index contributed by atoms with van der Waals surface area (Å²) in [7, 11) is 0. The monoisotopic (exact) mass is 289 g/mol. The summed E-state index contributed by atoms with van der Waals surface area (Å²) >= 11 is 0. The molecule has 1 N–H and O–H groups in total. The first kappa shape index (κ1) is 15.5. The average molecular weight is 289 g/mol. The Bertz CT molecular complexity index is 581. The maximum absolute atomic E-state index is 5.75. The van der Waals surface area contributed by atoms with Gasteiger partial charge in [0.15, 0.2) is 6.61 Å². The van der Waals surface area contributed by atoms with E-state index >= 15 is 0 Å². The van der Waals surface area contributed by atoms with Crippen molar-refractivity contribution in [1.82, 2.24) is 15.5 Å². The Hall–Kier alpha value is -1.88. The third-order valence-electron chi connectivity index (χ3n) is 3.33. The number of nitrogens with zero attached hydrogens (tertiary/aromatic N) is 2. The molecular formula is C16H23N3O2. The predicted molar refractivity (Wildman–Crippen MR) is 81.3 cm³/mol. The van der Waals surface area contributed by atoms with E-state index in [-0.39, 0.29) is 0 Å². The SMILES string of the molecule is CCCNC(C)c1ccc(OCc2noc(C)n2)c(C)c1. The van der Waals surface area contributed by atoms with Crippen molar-refractivity contribution in [3.05, 3.63) is 41.0 Å². The smallest absolute Gasteiger partial charge is 0.223 e. The molecule has 0 aliphatic rings. The second-order valence-electron chi connectivity index (χ2n) is 5.22. The Morgan fingerprint density at radius 1 is 1.33 bits per heavy atom. The van der Waals surface area contributed by atoms with Crippen LogP contribution in [0, 0.1) is 13.8 Å². The van der Waals surface area contributed by atoms with Crippen LogP contribution >= 0.6 is 0 Å². The fourth-order valence-corrected chi connectivity index (χ4v) is 2.12. The van der Waals surface area contributed by atoms with E-state index in [2.05, 4.69) is 41.4 Å². The topological polar surface area (TPSA) is 60.2 Å². The minimum absolute atomic E-state index is 0.321. The van der Waals surface area contributed by atoms with Crippen molar-refractivity contribution in [3.63, 3.8) is 0 Å². The number of hydrogen-bond acceptors (Lipinski definition) is 5. The van der Waals surface area contributed by atoms with Crippen molar-refractivity contribution in [2.75, 3.05) is 6.54 Å². The van der Waals surface area contributed by atoms with Crippen molar-refractivity contribution in [3.8, 4) is 5.75 Å². The van der Waals surface area contributed by atoms with Crippen molar-refractivity contribution in [2.24, 2.45) is 0 Å². The van der Waals surface area contributed by atoms with Gasteiger partial charge in [-0.05, 0) is 44.0 Å². The molecule has 0 amide bonds. The standard InChI is InChI=1S/C16H23N3O2/c1-5-8-17-12(3)14-6-7-15(11(2)9-14)20-10-16-18-13(4)21-19-16/h6-7,9,12,17H,5,8,10H2,1-4H3. The van der Waals surface area contributed by atoms with E-state index in [9.17, 15) is 0 Å². The van der Waals surface area contributed by atoms with Crippen LogP contribution in [0.1, 0.15) is 49.2 Å². The lowest BCUT2D eigenvalue weighted by Gasteiger charge is -2.16. The third kappa shape index (κ3) is 4.29. The van der Waals surface area contributed by atoms with Crippen LogP contribution in [0.15, 0.2) is 22.7 Å². The molecule has 0 saturated heterocycles. The second-order valence-corrected chi connectivity index (χ2v) is 5.22. The van der Waals surface area contributed by atoms with Gasteiger partial charge in [-0.1, -0.05) is 24.2 Å². The first-order chi connectivity index (χ1) is 10.1. The number of hydrogen-bond donors (Lipinski definition) is 1. The predicted octanol–water partition coefficient (Wildman–Crippen LogP) is 3.33. The number of ether oxygens (including phenoxy) is 1. The quantitative estimate of drug-likeness (QED) is 0.847. The van der Waals surface area contributed by atoms with E-state index in [0.29, 0.717) is 24.4 Å². The number of rotatable bonds is 7. The summed E-state index contributed by atoms with van der Waals surface area (Å²) in [5.74, 6) is 1.97. The molecule has 0 aliphatic heterocycles. The molecular weight excluding hydrogens is 266 g/mol. The van der Waals surface area contributed by atoms with E-state index in [1.54, 1.807) is 6.92 Å². The van der Waals surface area contributed by atoms with Crippen LogP contribution in [0.25, 0.3) is 0 Å². The van der Waals surface area contributed by atoms with Gasteiger partial charge in [-0.2, -0.15) is 4.98 Å². The van der Waals surface area contributed by atoms with Crippen LogP contribution in [0.4, 0.5) is 0 Å². The molecule has 1 aromatic heterocycles. The highest BCUT2D eigenvalue weighted by molar-refractivity contribution is 5.37. The minimum Gasteiger partial charge on any atom is -0.485 e. The summed E-state index contributed by atoms with van der Waals surface area (Å²) in [5, 5.41) is 7.30. The van der Waals surface area contributed by atoms with E-state index in [1.807, 2.05) is 13.0 Å². The van der Waals surface area contributed by atoms with Crippen molar-refractivity contribution in [2.45, 2.75) is 46.8 Å². The molecule has 1 atom stereocenters. The Balaban J connectivity index is 1.98. The molecule has 0 saturated carbocycles. The number of benzene rings is 1. The second kappa shape index (κ2) is 7.22. The molecule has 2 rings (SSSR count). The normalized spacial score (nSPS) is 12.4. The van der Waals surface area contributed by atoms with Crippen molar-refractivity contribution >= 4 is 0 Å². The zero-order chi connectivity index (χ0) is 15.2. The minimum atomic E-state index is 0.321. The molecule has 21 heavy (non-hydrogen) atoms. The van der Waals surface area contributed by atoms with Gasteiger partial charge in [-0.15, -0.1) is 0 Å². The van der Waals surface area contributed by atoms with E-state index in [4.69, 9.17) is 9.26 Å². The summed E-state index contributed by atoms with van der Waals surface area (Å²) in [4.78, 5) is 4.12. The van der Waals surface area contributed by atoms with Gasteiger partial charge in [-0.25, -0.2) is 0 Å². The Morgan fingerprint density at radius 2 is 2.14 bits per heavy atom. The van der Waals surface area contributed by atoms with Gasteiger partial charge in [0.1, 0.15) is 5.75 Å². The van der Waals surface area contributed by atoms with Gasteiger partial charge in [0.2, 0.25) is 11.7 Å². The van der Waals surface area contributed by atoms with Crippen molar-refractivity contribution < 1.29 is 9.26 Å². The summed E-state index contributed by atoms with van der Waals surface area (Å²) in [6.07, 6.45) is 1.13. The summed E-state index contributed by atoms with van der Waals surface area (Å²) in [5.41, 5.74) is 2.38. The molecule has 0 bridgehead atoms. The first-order valence-corrected chi connectivity index (χ1v) is 7.36. The van der Waals surface area contributed by atoms with Crippen LogP contribution < -0.4 is 10.1 Å². The maximum atomic E-state index is 5.75. The summed E-state index contributed by atoms with van der Waals surface area (Å²) in [6, 6.07) is 6.60. The lowest BCUT2D eigenvalue weighted by Crippen LogP contribution is -2.19. The lowest BCUT2D eigenvalue weighted by atomic mass is 10.0. The van der Waals surface area contributed by atoms with Crippen LogP contribution in [-0.2, 0) is 6.61 Å². The van der Waals surface area contributed by atoms with Crippen molar-refractivity contribution in [1.29, 1.82) is 0 Å². The van der Waals surface area contributed by atoms with Gasteiger partial charge in [-0.3, -0.25) is 0 Å². The highest BCUT2D eigenvalue weighted by Gasteiger charge is 2.09. The highest BCUT2D eigenvalue weighted by atomic mass is 16.5. The zero-order valence-electron chi connectivity index (χ0n) is 13.1. The number of aromatic nitrogens is 2. The van der Waals surface area contributed by atoms with Gasteiger partial charge in [0.25, 0.3) is 0 Å². The number of aryl methyl sites for hydroxylation is 2. The average Bonchev–Trinajstić information content (AvgIpc) is 2.89. The van der Waals surface area contributed by atoms with Crippen LogP contribution in [0.5, 0.6) is 5.75 Å². The fraction of sp³-hybridized carbons (Fsp3) is 0.500. The largest absolute Gasteiger partial charge is 0.485 e. The van der Waals surface area contributed by atoms with Gasteiger partial charge >= 0.3 is 0 Å². The summed E-state index contributed by atoms with van der Waals surface area (Å²) in [6.45, 7) is 9.50.